The van der Waals surface area contributed by atoms with Gasteiger partial charge in [0.25, 0.3) is 0 Å². The van der Waals surface area contributed by atoms with Gasteiger partial charge in [-0.3, -0.25) is 0 Å². The molecule has 0 unspecified atom stereocenters. The average molecular weight is 213 g/mol. The first-order valence-electron chi connectivity index (χ1n) is 5.58. The second-order valence-corrected chi connectivity index (χ2v) is 4.69. The van der Waals surface area contributed by atoms with Gasteiger partial charge in [-0.25, -0.2) is 0 Å². The fourth-order valence-corrected chi connectivity index (χ4v) is 2.28. The Hall–Kier alpha value is -1.54. The summed E-state index contributed by atoms with van der Waals surface area (Å²) in [6, 6.07) is 12.6. The monoisotopic (exact) mass is 213 g/mol. The number of nitrogens with zero attached hydrogens (tertiary/aromatic N) is 1. The summed E-state index contributed by atoms with van der Waals surface area (Å²) in [5.41, 5.74) is 3.44. The van der Waals surface area contributed by atoms with Crippen LogP contribution in [-0.2, 0) is 16.9 Å². The number of para-hydroxylation sites is 1. The molecule has 1 aromatic heterocycles. The highest BCUT2D eigenvalue weighted by Gasteiger charge is 2.28. The largest absolute Gasteiger partial charge is 0.365 e. The Kier molecular flexibility index (Phi) is 1.95. The fraction of sp³-hybridized carbons (Fsp3) is 0.286. The molecule has 82 valence electrons. The molecule has 1 aliphatic rings. The zero-order valence-electron chi connectivity index (χ0n) is 9.60. The van der Waals surface area contributed by atoms with E-state index in [4.69, 9.17) is 4.74 Å². The van der Waals surface area contributed by atoms with E-state index in [0.29, 0.717) is 6.61 Å². The van der Waals surface area contributed by atoms with Crippen LogP contribution >= 0.6 is 0 Å². The second-order valence-electron chi connectivity index (χ2n) is 4.69. The van der Waals surface area contributed by atoms with Gasteiger partial charge in [-0.2, -0.15) is 0 Å². The summed E-state index contributed by atoms with van der Waals surface area (Å²) < 4.78 is 8.21. The van der Waals surface area contributed by atoms with E-state index >= 15 is 0 Å². The van der Waals surface area contributed by atoms with Crippen molar-refractivity contribution in [2.24, 2.45) is 0 Å². The van der Waals surface area contributed by atoms with E-state index in [1.807, 2.05) is 0 Å². The molecule has 0 atom stereocenters. The van der Waals surface area contributed by atoms with Gasteiger partial charge in [-0.1, -0.05) is 18.2 Å². The lowest BCUT2D eigenvalue weighted by molar-refractivity contribution is -0.0342. The van der Waals surface area contributed by atoms with Gasteiger partial charge in [0, 0.05) is 11.8 Å². The molecular formula is C14H15NO. The molecule has 0 radical (unpaired) electrons. The van der Waals surface area contributed by atoms with Crippen molar-refractivity contribution in [3.05, 3.63) is 53.9 Å². The van der Waals surface area contributed by atoms with Gasteiger partial charge in [0.05, 0.1) is 18.0 Å². The molecule has 0 N–H and O–H groups in total. The smallest absolute Gasteiger partial charge is 0.103 e. The minimum absolute atomic E-state index is 0.234. The Balaban J connectivity index is 2.28. The number of hydrogen-bond donors (Lipinski definition) is 0. The van der Waals surface area contributed by atoms with E-state index < -0.39 is 0 Å². The Morgan fingerprint density at radius 3 is 2.81 bits per heavy atom. The number of rotatable bonds is 0. The van der Waals surface area contributed by atoms with Crippen molar-refractivity contribution in [1.82, 2.24) is 4.57 Å². The molecule has 1 aliphatic heterocycles. The van der Waals surface area contributed by atoms with Crippen LogP contribution in [-0.4, -0.2) is 4.57 Å². The van der Waals surface area contributed by atoms with Gasteiger partial charge in [0.1, 0.15) is 5.60 Å². The predicted octanol–water partition coefficient (Wildman–Crippen LogP) is 3.24. The maximum absolute atomic E-state index is 5.98. The molecule has 0 saturated carbocycles. The standard InChI is InChI=1S/C14H15NO/c1-14(2)13-8-5-9-15(13)12-7-4-3-6-11(12)10-16-14/h3-9H,10H2,1-2H3. The van der Waals surface area contributed by atoms with Crippen LogP contribution in [0.2, 0.25) is 0 Å². The SMILES string of the molecule is CC1(C)OCc2ccccc2-n2cccc21. The third kappa shape index (κ3) is 1.30. The van der Waals surface area contributed by atoms with E-state index in [1.54, 1.807) is 0 Å². The zero-order chi connectivity index (χ0) is 11.2. The Morgan fingerprint density at radius 2 is 1.94 bits per heavy atom. The first-order chi connectivity index (χ1) is 7.68. The molecule has 2 heterocycles. The molecule has 0 bridgehead atoms. The lowest BCUT2D eigenvalue weighted by atomic mass is 10.1. The summed E-state index contributed by atoms with van der Waals surface area (Å²) in [5, 5.41) is 0. The lowest BCUT2D eigenvalue weighted by Gasteiger charge is -2.23. The molecule has 2 heteroatoms. The first-order valence-corrected chi connectivity index (χ1v) is 5.58. The minimum atomic E-state index is -0.234. The number of benzene rings is 1. The Bertz CT molecular complexity index is 525. The summed E-state index contributed by atoms with van der Waals surface area (Å²) in [4.78, 5) is 0. The van der Waals surface area contributed by atoms with Crippen LogP contribution in [0.3, 0.4) is 0 Å². The van der Waals surface area contributed by atoms with Crippen molar-refractivity contribution in [2.45, 2.75) is 26.1 Å². The molecule has 2 nitrogen and oxygen atoms in total. The summed E-state index contributed by atoms with van der Waals surface area (Å²) in [7, 11) is 0. The maximum atomic E-state index is 5.98. The summed E-state index contributed by atoms with van der Waals surface area (Å²) in [6.07, 6.45) is 2.10. The third-order valence-electron chi connectivity index (χ3n) is 3.21. The summed E-state index contributed by atoms with van der Waals surface area (Å²) in [5.74, 6) is 0. The fourth-order valence-electron chi connectivity index (χ4n) is 2.28. The second kappa shape index (κ2) is 3.22. The molecule has 0 spiro atoms. The number of hydrogen-bond acceptors (Lipinski definition) is 1. The number of aromatic nitrogens is 1. The minimum Gasteiger partial charge on any atom is -0.365 e. The zero-order valence-corrected chi connectivity index (χ0v) is 9.60. The highest BCUT2D eigenvalue weighted by Crippen LogP contribution is 2.33. The molecule has 3 rings (SSSR count). The third-order valence-corrected chi connectivity index (χ3v) is 3.21. The Labute approximate surface area is 95.5 Å². The van der Waals surface area contributed by atoms with Crippen molar-refractivity contribution in [2.75, 3.05) is 0 Å². The van der Waals surface area contributed by atoms with Crippen LogP contribution in [0.15, 0.2) is 42.6 Å². The van der Waals surface area contributed by atoms with Crippen molar-refractivity contribution < 1.29 is 4.74 Å². The van der Waals surface area contributed by atoms with Gasteiger partial charge in [0.15, 0.2) is 0 Å². The molecular weight excluding hydrogens is 198 g/mol. The number of ether oxygens (including phenoxy) is 1. The quantitative estimate of drug-likeness (QED) is 0.655. The van der Waals surface area contributed by atoms with E-state index in [1.165, 1.54) is 16.9 Å². The van der Waals surface area contributed by atoms with E-state index in [0.717, 1.165) is 0 Å². The van der Waals surface area contributed by atoms with Crippen LogP contribution in [0, 0.1) is 0 Å². The lowest BCUT2D eigenvalue weighted by Crippen LogP contribution is -2.22. The van der Waals surface area contributed by atoms with Gasteiger partial charge in [0.2, 0.25) is 0 Å². The Morgan fingerprint density at radius 1 is 1.12 bits per heavy atom. The topological polar surface area (TPSA) is 14.2 Å². The van der Waals surface area contributed by atoms with Crippen LogP contribution in [0.4, 0.5) is 0 Å². The van der Waals surface area contributed by atoms with Crippen molar-refractivity contribution in [3.63, 3.8) is 0 Å². The molecule has 0 aliphatic carbocycles. The molecule has 16 heavy (non-hydrogen) atoms. The molecule has 1 aromatic carbocycles. The van der Waals surface area contributed by atoms with Gasteiger partial charge in [-0.05, 0) is 32.0 Å². The van der Waals surface area contributed by atoms with Crippen LogP contribution in [0.5, 0.6) is 0 Å². The van der Waals surface area contributed by atoms with E-state index in [2.05, 4.69) is 61.0 Å². The molecule has 0 saturated heterocycles. The molecule has 0 fully saturated rings. The molecule has 0 amide bonds. The van der Waals surface area contributed by atoms with Crippen molar-refractivity contribution >= 4 is 0 Å². The maximum Gasteiger partial charge on any atom is 0.103 e. The predicted molar refractivity (Wildman–Crippen MR) is 63.6 cm³/mol. The highest BCUT2D eigenvalue weighted by atomic mass is 16.5. The number of fused-ring (bicyclic) bond motifs is 3. The van der Waals surface area contributed by atoms with Crippen molar-refractivity contribution in [3.8, 4) is 5.69 Å². The average Bonchev–Trinajstić information content (AvgIpc) is 2.73. The van der Waals surface area contributed by atoms with Gasteiger partial charge in [-0.15, -0.1) is 0 Å². The normalized spacial score (nSPS) is 17.4. The highest BCUT2D eigenvalue weighted by molar-refractivity contribution is 5.44. The molecule has 2 aromatic rings. The van der Waals surface area contributed by atoms with Crippen LogP contribution in [0.25, 0.3) is 5.69 Å². The first kappa shape index (κ1) is 9.67. The van der Waals surface area contributed by atoms with Crippen LogP contribution < -0.4 is 0 Å². The van der Waals surface area contributed by atoms with Crippen LogP contribution in [0.1, 0.15) is 25.1 Å². The van der Waals surface area contributed by atoms with E-state index in [9.17, 15) is 0 Å². The summed E-state index contributed by atoms with van der Waals surface area (Å²) >= 11 is 0. The summed E-state index contributed by atoms with van der Waals surface area (Å²) in [6.45, 7) is 4.90. The van der Waals surface area contributed by atoms with Gasteiger partial charge >= 0.3 is 0 Å². The van der Waals surface area contributed by atoms with E-state index in [-0.39, 0.29) is 5.60 Å². The van der Waals surface area contributed by atoms with Gasteiger partial charge < -0.3 is 9.30 Å². The van der Waals surface area contributed by atoms with Crippen molar-refractivity contribution in [1.29, 1.82) is 0 Å².